The van der Waals surface area contributed by atoms with E-state index in [-0.39, 0.29) is 21.5 Å². The van der Waals surface area contributed by atoms with Crippen LogP contribution >= 0.6 is 45.2 Å². The van der Waals surface area contributed by atoms with Gasteiger partial charge in [0.05, 0.1) is 4.90 Å². The maximum absolute atomic E-state index is 13.6. The van der Waals surface area contributed by atoms with Crippen LogP contribution in [0.2, 0.25) is 0 Å². The highest BCUT2D eigenvalue weighted by Gasteiger charge is 2.31. The molecule has 0 aliphatic heterocycles. The standard InChI is InChI=1S/C23H26I2O6S2/c24-16-13-19(25)23(15-7-3-1-4-8-15)22(14-16)33(29,30)31-20-11-12-21(32(26,27)28)18-10-6-2-5-9-17(18)20/h11-15H,1-10H2,(H,26,27,28). The van der Waals surface area contributed by atoms with Gasteiger partial charge in [-0.2, -0.15) is 16.8 Å². The molecule has 6 nitrogen and oxygen atoms in total. The van der Waals surface area contributed by atoms with Crippen molar-refractivity contribution in [2.75, 3.05) is 0 Å². The molecule has 0 spiro atoms. The summed E-state index contributed by atoms with van der Waals surface area (Å²) in [5, 5.41) is 0. The first-order chi connectivity index (χ1) is 15.6. The molecule has 4 rings (SSSR count). The Morgan fingerprint density at radius 2 is 1.45 bits per heavy atom. The zero-order chi connectivity index (χ0) is 23.8. The highest BCUT2D eigenvalue weighted by atomic mass is 127. The van der Waals surface area contributed by atoms with E-state index in [2.05, 4.69) is 45.2 Å². The molecule has 2 aromatic rings. The van der Waals surface area contributed by atoms with E-state index in [1.54, 1.807) is 6.07 Å². The Labute approximate surface area is 223 Å². The molecule has 2 aromatic carbocycles. The predicted molar refractivity (Wildman–Crippen MR) is 143 cm³/mol. The van der Waals surface area contributed by atoms with Crippen molar-refractivity contribution in [3.63, 3.8) is 0 Å². The molecule has 2 aliphatic rings. The molecule has 33 heavy (non-hydrogen) atoms. The van der Waals surface area contributed by atoms with Crippen molar-refractivity contribution in [1.82, 2.24) is 0 Å². The second kappa shape index (κ2) is 10.3. The van der Waals surface area contributed by atoms with Gasteiger partial charge >= 0.3 is 10.1 Å². The molecule has 1 N–H and O–H groups in total. The van der Waals surface area contributed by atoms with Crippen molar-refractivity contribution < 1.29 is 25.6 Å². The fourth-order valence-electron chi connectivity index (χ4n) is 5.02. The summed E-state index contributed by atoms with van der Waals surface area (Å²) in [5.41, 5.74) is 1.86. The summed E-state index contributed by atoms with van der Waals surface area (Å²) in [6.07, 6.45) is 8.66. The van der Waals surface area contributed by atoms with Crippen LogP contribution in [-0.4, -0.2) is 21.4 Å². The van der Waals surface area contributed by atoms with Crippen LogP contribution in [0.3, 0.4) is 0 Å². The fraction of sp³-hybridized carbons (Fsp3) is 0.478. The summed E-state index contributed by atoms with van der Waals surface area (Å²) in [5.74, 6) is 0.331. The maximum Gasteiger partial charge on any atom is 0.339 e. The maximum atomic E-state index is 13.6. The highest BCUT2D eigenvalue weighted by molar-refractivity contribution is 14.1. The van der Waals surface area contributed by atoms with E-state index in [0.717, 1.165) is 57.6 Å². The van der Waals surface area contributed by atoms with Crippen LogP contribution in [0.4, 0.5) is 0 Å². The number of hydrogen-bond acceptors (Lipinski definition) is 5. The minimum Gasteiger partial charge on any atom is -0.379 e. The zero-order valence-corrected chi connectivity index (χ0v) is 24.0. The molecule has 180 valence electrons. The third-order valence-electron chi connectivity index (χ3n) is 6.52. The van der Waals surface area contributed by atoms with E-state index in [1.807, 2.05) is 6.07 Å². The Kier molecular flexibility index (Phi) is 7.99. The average Bonchev–Trinajstić information content (AvgIpc) is 2.99. The Bertz CT molecular complexity index is 1270. The van der Waals surface area contributed by atoms with Gasteiger partial charge in [0.1, 0.15) is 10.6 Å². The quantitative estimate of drug-likeness (QED) is 0.171. The summed E-state index contributed by atoms with van der Waals surface area (Å²) < 4.78 is 68.3. The van der Waals surface area contributed by atoms with Gasteiger partial charge < -0.3 is 4.18 Å². The smallest absolute Gasteiger partial charge is 0.339 e. The van der Waals surface area contributed by atoms with Gasteiger partial charge in [0.25, 0.3) is 10.1 Å². The summed E-state index contributed by atoms with van der Waals surface area (Å²) in [4.78, 5) is 0.0442. The first-order valence-corrected chi connectivity index (χ1v) is 16.1. The van der Waals surface area contributed by atoms with Crippen molar-refractivity contribution in [3.05, 3.63) is 48.1 Å². The topological polar surface area (TPSA) is 97.7 Å². The van der Waals surface area contributed by atoms with Crippen molar-refractivity contribution in [3.8, 4) is 5.75 Å². The average molecular weight is 716 g/mol. The Hall–Kier alpha value is -0.440. The number of hydrogen-bond donors (Lipinski definition) is 1. The second-order valence-corrected chi connectivity index (χ2v) is 14.0. The van der Waals surface area contributed by atoms with Gasteiger partial charge in [-0.1, -0.05) is 25.7 Å². The number of benzene rings is 2. The van der Waals surface area contributed by atoms with Gasteiger partial charge in [-0.15, -0.1) is 0 Å². The van der Waals surface area contributed by atoms with Crippen LogP contribution in [0.1, 0.15) is 74.0 Å². The summed E-state index contributed by atoms with van der Waals surface area (Å²) in [6.45, 7) is 0. The molecule has 10 heteroatoms. The Balaban J connectivity index is 1.81. The normalized spacial score (nSPS) is 17.9. The first-order valence-electron chi connectivity index (χ1n) is 11.1. The lowest BCUT2D eigenvalue weighted by molar-refractivity contribution is 0.433. The second-order valence-electron chi connectivity index (χ2n) is 8.73. The van der Waals surface area contributed by atoms with Crippen LogP contribution in [0.5, 0.6) is 5.75 Å². The van der Waals surface area contributed by atoms with Gasteiger partial charge in [0.15, 0.2) is 0 Å². The van der Waals surface area contributed by atoms with Crippen LogP contribution in [0.25, 0.3) is 0 Å². The van der Waals surface area contributed by atoms with E-state index in [9.17, 15) is 21.4 Å². The summed E-state index contributed by atoms with van der Waals surface area (Å²) in [6, 6.07) is 6.29. The first kappa shape index (κ1) is 25.6. The van der Waals surface area contributed by atoms with E-state index in [0.29, 0.717) is 24.0 Å². The minimum absolute atomic E-state index is 0.155. The third kappa shape index (κ3) is 5.70. The monoisotopic (exact) mass is 716 g/mol. The number of halogens is 2. The lowest BCUT2D eigenvalue weighted by Gasteiger charge is -2.26. The molecule has 1 saturated carbocycles. The molecule has 0 unspecified atom stereocenters. The largest absolute Gasteiger partial charge is 0.379 e. The molecule has 0 saturated heterocycles. The highest BCUT2D eigenvalue weighted by Crippen LogP contribution is 2.41. The Morgan fingerprint density at radius 3 is 2.12 bits per heavy atom. The minimum atomic E-state index is -4.41. The molecule has 2 aliphatic carbocycles. The van der Waals surface area contributed by atoms with E-state index in [1.165, 1.54) is 18.6 Å². The van der Waals surface area contributed by atoms with Crippen LogP contribution in [0, 0.1) is 7.14 Å². The molecule has 0 bridgehead atoms. The van der Waals surface area contributed by atoms with E-state index >= 15 is 0 Å². The third-order valence-corrected chi connectivity index (χ3v) is 10.2. The molecule has 0 amide bonds. The fourth-order valence-corrected chi connectivity index (χ4v) is 9.77. The number of fused-ring (bicyclic) bond motifs is 1. The molecule has 1 fully saturated rings. The van der Waals surface area contributed by atoms with Gasteiger partial charge in [-0.05, 0) is 125 Å². The molecule has 0 atom stereocenters. The molecular weight excluding hydrogens is 690 g/mol. The molecular formula is C23H26I2O6S2. The van der Waals surface area contributed by atoms with Crippen molar-refractivity contribution in [1.29, 1.82) is 0 Å². The van der Waals surface area contributed by atoms with Crippen LogP contribution in [0.15, 0.2) is 34.1 Å². The van der Waals surface area contributed by atoms with Gasteiger partial charge in [-0.3, -0.25) is 4.55 Å². The predicted octanol–water partition coefficient (Wildman–Crippen LogP) is 6.23. The molecule has 0 heterocycles. The lowest BCUT2D eigenvalue weighted by atomic mass is 9.84. The van der Waals surface area contributed by atoms with Crippen LogP contribution in [-0.2, 0) is 33.1 Å². The van der Waals surface area contributed by atoms with Crippen molar-refractivity contribution in [2.45, 2.75) is 79.9 Å². The lowest BCUT2D eigenvalue weighted by Crippen LogP contribution is -2.18. The Morgan fingerprint density at radius 1 is 0.818 bits per heavy atom. The zero-order valence-electron chi connectivity index (χ0n) is 18.0. The number of rotatable bonds is 5. The van der Waals surface area contributed by atoms with Crippen LogP contribution < -0.4 is 4.18 Å². The summed E-state index contributed by atoms with van der Waals surface area (Å²) >= 11 is 4.34. The van der Waals surface area contributed by atoms with E-state index < -0.39 is 20.2 Å². The molecule has 0 aromatic heterocycles. The van der Waals surface area contributed by atoms with Crippen molar-refractivity contribution >= 4 is 65.4 Å². The molecule has 0 radical (unpaired) electrons. The van der Waals surface area contributed by atoms with Gasteiger partial charge in [0, 0.05) is 12.7 Å². The summed E-state index contributed by atoms with van der Waals surface area (Å²) in [7, 11) is -8.57. The SMILES string of the molecule is O=S(=O)(O)c1ccc(OS(=O)(=O)c2cc(I)cc(I)c2C2CCCCC2)c2c1CCCCC2. The van der Waals surface area contributed by atoms with Gasteiger partial charge in [-0.25, -0.2) is 0 Å². The van der Waals surface area contributed by atoms with Crippen molar-refractivity contribution in [2.24, 2.45) is 0 Å². The van der Waals surface area contributed by atoms with E-state index in [4.69, 9.17) is 4.18 Å². The van der Waals surface area contributed by atoms with Gasteiger partial charge in [0.2, 0.25) is 0 Å².